The molecule has 2 N–H and O–H groups in total. The zero-order valence-corrected chi connectivity index (χ0v) is 11.4. The highest BCUT2D eigenvalue weighted by Gasteiger charge is 2.04. The van der Waals surface area contributed by atoms with Crippen LogP contribution >= 0.6 is 0 Å². The van der Waals surface area contributed by atoms with E-state index in [0.29, 0.717) is 12.2 Å². The predicted octanol–water partition coefficient (Wildman–Crippen LogP) is 2.94. The second-order valence-electron chi connectivity index (χ2n) is 4.66. The summed E-state index contributed by atoms with van der Waals surface area (Å²) in [6.07, 6.45) is 1.69. The molecule has 0 atom stereocenters. The van der Waals surface area contributed by atoms with Crippen LogP contribution in [-0.2, 0) is 16.0 Å². The second-order valence-corrected chi connectivity index (χ2v) is 4.66. The van der Waals surface area contributed by atoms with Crippen LogP contribution in [0, 0.1) is 13.8 Å². The van der Waals surface area contributed by atoms with Crippen LogP contribution in [0.2, 0.25) is 0 Å². The van der Waals surface area contributed by atoms with E-state index in [1.54, 1.807) is 6.92 Å². The first-order valence-electron chi connectivity index (χ1n) is 6.10. The zero-order chi connectivity index (χ0) is 13.7. The van der Waals surface area contributed by atoms with Crippen molar-refractivity contribution in [3.8, 4) is 0 Å². The quantitative estimate of drug-likeness (QED) is 0.377. The number of esters is 1. The molecule has 0 saturated carbocycles. The third kappa shape index (κ3) is 3.91. The van der Waals surface area contributed by atoms with E-state index < -0.39 is 0 Å². The Labute approximate surface area is 109 Å². The lowest BCUT2D eigenvalue weighted by molar-refractivity contribution is -0.139. The van der Waals surface area contributed by atoms with Crippen LogP contribution in [0.5, 0.6) is 0 Å². The Kier molecular flexibility index (Phi) is 4.95. The van der Waals surface area contributed by atoms with Crippen molar-refractivity contribution >= 4 is 11.7 Å². The van der Waals surface area contributed by atoms with Crippen LogP contribution in [0.3, 0.4) is 0 Å². The summed E-state index contributed by atoms with van der Waals surface area (Å²) < 4.78 is 5.05. The summed E-state index contributed by atoms with van der Waals surface area (Å²) in [7, 11) is 0. The Morgan fingerprint density at radius 1 is 1.33 bits per heavy atom. The molecule has 0 aliphatic heterocycles. The molecule has 0 amide bonds. The highest BCUT2D eigenvalue weighted by atomic mass is 16.5. The smallest absolute Gasteiger partial charge is 0.333 e. The molecule has 1 rings (SSSR count). The molecular weight excluding hydrogens is 226 g/mol. The molecule has 3 nitrogen and oxygen atoms in total. The number of ether oxygens (including phenoxy) is 1. The molecule has 1 aromatic rings. The van der Waals surface area contributed by atoms with Crippen molar-refractivity contribution in [3.05, 3.63) is 41.0 Å². The van der Waals surface area contributed by atoms with Crippen LogP contribution < -0.4 is 5.73 Å². The third-order valence-electron chi connectivity index (χ3n) is 2.84. The number of hydrogen-bond donors (Lipinski definition) is 1. The summed E-state index contributed by atoms with van der Waals surface area (Å²) in [6.45, 7) is 9.62. The van der Waals surface area contributed by atoms with Gasteiger partial charge in [-0.15, -0.1) is 0 Å². The van der Waals surface area contributed by atoms with Gasteiger partial charge in [-0.3, -0.25) is 0 Å². The number of anilines is 1. The van der Waals surface area contributed by atoms with Crippen LogP contribution in [0.15, 0.2) is 24.3 Å². The van der Waals surface area contributed by atoms with Gasteiger partial charge < -0.3 is 10.5 Å². The lowest BCUT2D eigenvalue weighted by atomic mass is 10.0. The van der Waals surface area contributed by atoms with E-state index in [0.717, 1.165) is 29.7 Å². The monoisotopic (exact) mass is 247 g/mol. The molecule has 0 fully saturated rings. The lowest BCUT2D eigenvalue weighted by Gasteiger charge is -2.09. The maximum atomic E-state index is 11.2. The minimum absolute atomic E-state index is 0.320. The largest absolute Gasteiger partial charge is 0.462 e. The first kappa shape index (κ1) is 14.3. The first-order valence-corrected chi connectivity index (χ1v) is 6.10. The number of carbonyl (C=O) groups is 1. The highest BCUT2D eigenvalue weighted by molar-refractivity contribution is 5.86. The van der Waals surface area contributed by atoms with Crippen molar-refractivity contribution < 1.29 is 9.53 Å². The summed E-state index contributed by atoms with van der Waals surface area (Å²) in [4.78, 5) is 11.2. The average Bonchev–Trinajstić information content (AvgIpc) is 2.31. The summed E-state index contributed by atoms with van der Waals surface area (Å²) in [6, 6.07) is 4.17. The minimum atomic E-state index is -0.320. The summed E-state index contributed by atoms with van der Waals surface area (Å²) >= 11 is 0. The van der Waals surface area contributed by atoms with Gasteiger partial charge in [0.15, 0.2) is 0 Å². The number of benzene rings is 1. The van der Waals surface area contributed by atoms with Gasteiger partial charge in [-0.05, 0) is 50.3 Å². The molecule has 0 spiro atoms. The van der Waals surface area contributed by atoms with Gasteiger partial charge in [-0.1, -0.05) is 18.7 Å². The summed E-state index contributed by atoms with van der Waals surface area (Å²) in [5, 5.41) is 0. The van der Waals surface area contributed by atoms with Crippen molar-refractivity contribution in [3.63, 3.8) is 0 Å². The topological polar surface area (TPSA) is 52.3 Å². The van der Waals surface area contributed by atoms with Crippen LogP contribution in [-0.4, -0.2) is 12.6 Å². The van der Waals surface area contributed by atoms with E-state index in [9.17, 15) is 4.79 Å². The average molecular weight is 247 g/mol. The number of carbonyl (C=O) groups excluding carboxylic acids is 1. The van der Waals surface area contributed by atoms with E-state index in [4.69, 9.17) is 10.5 Å². The predicted molar refractivity (Wildman–Crippen MR) is 74.4 cm³/mol. The van der Waals surface area contributed by atoms with Gasteiger partial charge in [0.25, 0.3) is 0 Å². The van der Waals surface area contributed by atoms with Gasteiger partial charge in [0.05, 0.1) is 6.61 Å². The van der Waals surface area contributed by atoms with Gasteiger partial charge in [0, 0.05) is 11.3 Å². The third-order valence-corrected chi connectivity index (χ3v) is 2.84. The fourth-order valence-electron chi connectivity index (χ4n) is 1.77. The van der Waals surface area contributed by atoms with Crippen LogP contribution in [0.1, 0.15) is 30.0 Å². The normalized spacial score (nSPS) is 10.2. The first-order chi connectivity index (χ1) is 8.41. The van der Waals surface area contributed by atoms with Crippen molar-refractivity contribution in [2.45, 2.75) is 33.6 Å². The molecule has 0 aromatic heterocycles. The van der Waals surface area contributed by atoms with Gasteiger partial charge >= 0.3 is 5.97 Å². The Morgan fingerprint density at radius 3 is 2.39 bits per heavy atom. The number of hydrogen-bond acceptors (Lipinski definition) is 3. The Morgan fingerprint density at radius 2 is 1.89 bits per heavy atom. The Bertz CT molecular complexity index is 441. The molecule has 0 aliphatic carbocycles. The maximum Gasteiger partial charge on any atom is 0.333 e. The molecular formula is C15H21NO2. The van der Waals surface area contributed by atoms with E-state index in [1.807, 2.05) is 13.8 Å². The molecule has 0 unspecified atom stereocenters. The molecule has 18 heavy (non-hydrogen) atoms. The SMILES string of the molecule is C=C(C)C(=O)OCCCc1cc(C)c(N)c(C)c1. The van der Waals surface area contributed by atoms with Crippen molar-refractivity contribution in [2.75, 3.05) is 12.3 Å². The fraction of sp³-hybridized carbons (Fsp3) is 0.400. The summed E-state index contributed by atoms with van der Waals surface area (Å²) in [5.41, 5.74) is 10.6. The molecule has 3 heteroatoms. The van der Waals surface area contributed by atoms with Gasteiger partial charge in [0.2, 0.25) is 0 Å². The van der Waals surface area contributed by atoms with Crippen molar-refractivity contribution in [2.24, 2.45) is 0 Å². The molecule has 0 bridgehead atoms. The second kappa shape index (κ2) is 6.24. The van der Waals surface area contributed by atoms with E-state index >= 15 is 0 Å². The molecule has 0 radical (unpaired) electrons. The van der Waals surface area contributed by atoms with E-state index in [1.165, 1.54) is 5.56 Å². The fourth-order valence-corrected chi connectivity index (χ4v) is 1.77. The minimum Gasteiger partial charge on any atom is -0.462 e. The Hall–Kier alpha value is -1.77. The van der Waals surface area contributed by atoms with Crippen molar-refractivity contribution in [1.82, 2.24) is 0 Å². The molecule has 98 valence electrons. The summed E-state index contributed by atoms with van der Waals surface area (Å²) in [5.74, 6) is -0.320. The zero-order valence-electron chi connectivity index (χ0n) is 11.4. The Balaban J connectivity index is 2.45. The molecule has 1 aromatic carbocycles. The van der Waals surface area contributed by atoms with Gasteiger partial charge in [-0.25, -0.2) is 4.79 Å². The van der Waals surface area contributed by atoms with Gasteiger partial charge in [-0.2, -0.15) is 0 Å². The van der Waals surface area contributed by atoms with E-state index in [-0.39, 0.29) is 5.97 Å². The lowest BCUT2D eigenvalue weighted by Crippen LogP contribution is -2.07. The van der Waals surface area contributed by atoms with Crippen LogP contribution in [0.4, 0.5) is 5.69 Å². The molecule has 0 aliphatic rings. The van der Waals surface area contributed by atoms with E-state index in [2.05, 4.69) is 18.7 Å². The van der Waals surface area contributed by atoms with Crippen molar-refractivity contribution in [1.29, 1.82) is 0 Å². The molecule has 0 saturated heterocycles. The highest BCUT2D eigenvalue weighted by Crippen LogP contribution is 2.19. The number of rotatable bonds is 5. The van der Waals surface area contributed by atoms with Crippen LogP contribution in [0.25, 0.3) is 0 Å². The molecule has 0 heterocycles. The maximum absolute atomic E-state index is 11.2. The standard InChI is InChI=1S/C15H21NO2/c1-10(2)15(17)18-7-5-6-13-8-11(3)14(16)12(4)9-13/h8-9H,1,5-7,16H2,2-4H3. The number of nitrogen functional groups attached to an aromatic ring is 1. The number of nitrogens with two attached hydrogens (primary N) is 1. The van der Waals surface area contributed by atoms with Gasteiger partial charge in [0.1, 0.15) is 0 Å². The number of aryl methyl sites for hydroxylation is 3.